The minimum Gasteiger partial charge on any atom is -0.454 e. The molecule has 224 valence electrons. The van der Waals surface area contributed by atoms with Gasteiger partial charge in [-0.3, -0.25) is 0 Å². The Balaban J connectivity index is 1.35. The molecule has 3 aromatic heterocycles. The predicted octanol–water partition coefficient (Wildman–Crippen LogP) is 11.0. The molecule has 3 heterocycles. The third kappa shape index (κ3) is 3.94. The normalized spacial score (nSPS) is 11.8. The number of benzene rings is 7. The fraction of sp³-hybridized carbons (Fsp3) is 0. The van der Waals surface area contributed by atoms with Crippen molar-refractivity contribution in [3.63, 3.8) is 0 Å². The monoisotopic (exact) mass is 614 g/mol. The highest BCUT2D eigenvalue weighted by Crippen LogP contribution is 2.46. The lowest BCUT2D eigenvalue weighted by molar-refractivity contribution is 0.671. The van der Waals surface area contributed by atoms with Crippen LogP contribution in [0.2, 0.25) is 0 Å². The highest BCUT2D eigenvalue weighted by atomic mass is 16.3. The van der Waals surface area contributed by atoms with Crippen molar-refractivity contribution in [3.05, 3.63) is 158 Å². The third-order valence-electron chi connectivity index (χ3n) is 9.24. The molecule has 0 aliphatic rings. The lowest BCUT2D eigenvalue weighted by Crippen LogP contribution is -2.03. The van der Waals surface area contributed by atoms with E-state index in [-0.39, 0.29) is 0 Å². The van der Waals surface area contributed by atoms with Crippen LogP contribution in [0.4, 0.5) is 0 Å². The van der Waals surface area contributed by atoms with Crippen LogP contribution in [0.25, 0.3) is 94.4 Å². The second-order valence-corrected chi connectivity index (χ2v) is 12.0. The average molecular weight is 615 g/mol. The summed E-state index contributed by atoms with van der Waals surface area (Å²) >= 11 is 0. The van der Waals surface area contributed by atoms with Gasteiger partial charge in [0.05, 0.1) is 16.7 Å². The number of fused-ring (bicyclic) bond motifs is 10. The maximum Gasteiger partial charge on any atom is 0.166 e. The van der Waals surface area contributed by atoms with Crippen LogP contribution in [0.5, 0.6) is 0 Å². The van der Waals surface area contributed by atoms with Gasteiger partial charge in [0.1, 0.15) is 5.58 Å². The van der Waals surface area contributed by atoms with E-state index < -0.39 is 0 Å². The minimum absolute atomic E-state index is 0.603. The van der Waals surface area contributed by atoms with Gasteiger partial charge in [-0.15, -0.1) is 0 Å². The maximum atomic E-state index is 6.80. The van der Waals surface area contributed by atoms with Gasteiger partial charge in [-0.05, 0) is 35.0 Å². The first-order chi connectivity index (χ1) is 23.8. The number of nitrogens with zero attached hydrogens (tertiary/aromatic N) is 4. The van der Waals surface area contributed by atoms with Crippen LogP contribution in [-0.4, -0.2) is 19.5 Å². The van der Waals surface area contributed by atoms with Crippen molar-refractivity contribution in [2.75, 3.05) is 0 Å². The molecule has 5 nitrogen and oxygen atoms in total. The van der Waals surface area contributed by atoms with Gasteiger partial charge in [-0.2, -0.15) is 0 Å². The SMILES string of the molecule is c1ccc(-c2nc(-c3ccccc3)nc(-c3ccccc3-n3c4ccccc4c4c5ccccc5c5c6ccccc6oc5c43)n2)cc1. The van der Waals surface area contributed by atoms with E-state index in [4.69, 9.17) is 19.4 Å². The molecule has 0 amide bonds. The van der Waals surface area contributed by atoms with E-state index in [0.29, 0.717) is 17.5 Å². The summed E-state index contributed by atoms with van der Waals surface area (Å²) in [5.74, 6) is 1.86. The van der Waals surface area contributed by atoms with E-state index in [1.807, 2.05) is 72.8 Å². The Morgan fingerprint density at radius 1 is 0.417 bits per heavy atom. The molecule has 10 aromatic rings. The van der Waals surface area contributed by atoms with Gasteiger partial charge in [0.2, 0.25) is 0 Å². The summed E-state index contributed by atoms with van der Waals surface area (Å²) in [5, 5.41) is 6.91. The van der Waals surface area contributed by atoms with E-state index in [9.17, 15) is 0 Å². The molecule has 5 heteroatoms. The minimum atomic E-state index is 0.603. The number of hydrogen-bond donors (Lipinski definition) is 0. The summed E-state index contributed by atoms with van der Waals surface area (Å²) in [5.41, 5.74) is 7.56. The fourth-order valence-corrected chi connectivity index (χ4v) is 7.16. The smallest absolute Gasteiger partial charge is 0.166 e. The van der Waals surface area contributed by atoms with Gasteiger partial charge >= 0.3 is 0 Å². The molecule has 48 heavy (non-hydrogen) atoms. The lowest BCUT2D eigenvalue weighted by Gasteiger charge is -2.15. The van der Waals surface area contributed by atoms with E-state index in [2.05, 4.69) is 89.5 Å². The van der Waals surface area contributed by atoms with E-state index in [1.165, 1.54) is 10.8 Å². The topological polar surface area (TPSA) is 56.7 Å². The Labute approximate surface area is 275 Å². The lowest BCUT2D eigenvalue weighted by atomic mass is 9.99. The van der Waals surface area contributed by atoms with E-state index in [1.54, 1.807) is 0 Å². The average Bonchev–Trinajstić information content (AvgIpc) is 3.72. The number of rotatable bonds is 4. The van der Waals surface area contributed by atoms with Crippen LogP contribution < -0.4 is 0 Å². The molecule has 0 atom stereocenters. The van der Waals surface area contributed by atoms with Gasteiger partial charge in [-0.1, -0.05) is 133 Å². The first kappa shape index (κ1) is 26.6. The molecule has 7 aromatic carbocycles. The molecule has 0 aliphatic carbocycles. The van der Waals surface area contributed by atoms with Crippen LogP contribution in [0.1, 0.15) is 0 Å². The second kappa shape index (κ2) is 10.5. The first-order valence-corrected chi connectivity index (χ1v) is 16.1. The van der Waals surface area contributed by atoms with Crippen molar-refractivity contribution in [1.29, 1.82) is 0 Å². The second-order valence-electron chi connectivity index (χ2n) is 12.0. The Kier molecular flexibility index (Phi) is 5.81. The Bertz CT molecular complexity index is 2780. The summed E-state index contributed by atoms with van der Waals surface area (Å²) in [4.78, 5) is 15.2. The Morgan fingerprint density at radius 2 is 0.938 bits per heavy atom. The van der Waals surface area contributed by atoms with Gasteiger partial charge in [0, 0.05) is 38.2 Å². The molecule has 0 saturated carbocycles. The number of hydrogen-bond acceptors (Lipinski definition) is 4. The Hall–Kier alpha value is -6.59. The van der Waals surface area contributed by atoms with Crippen molar-refractivity contribution in [3.8, 4) is 39.9 Å². The quantitative estimate of drug-likeness (QED) is 0.198. The number of furan rings is 1. The molecule has 0 N–H and O–H groups in total. The summed E-state index contributed by atoms with van der Waals surface area (Å²) < 4.78 is 9.14. The summed E-state index contributed by atoms with van der Waals surface area (Å²) in [6.07, 6.45) is 0. The molecular formula is C43H26N4O. The van der Waals surface area contributed by atoms with Crippen molar-refractivity contribution in [2.24, 2.45) is 0 Å². The zero-order chi connectivity index (χ0) is 31.6. The number of aromatic nitrogens is 4. The molecule has 0 bridgehead atoms. The highest BCUT2D eigenvalue weighted by Gasteiger charge is 2.24. The van der Waals surface area contributed by atoms with Crippen molar-refractivity contribution in [2.45, 2.75) is 0 Å². The third-order valence-corrected chi connectivity index (χ3v) is 9.24. The van der Waals surface area contributed by atoms with Crippen LogP contribution >= 0.6 is 0 Å². The van der Waals surface area contributed by atoms with Gasteiger partial charge in [0.15, 0.2) is 23.1 Å². The molecule has 0 radical (unpaired) electrons. The molecule has 0 spiro atoms. The number of para-hydroxylation sites is 3. The standard InChI is InChI=1S/C43H26N4O/c1-3-15-27(16-4-1)41-44-42(28-17-5-2-6-18-28)46-43(45-41)32-22-10-13-25-35(32)47-34-24-12-9-21-31(34)37-29-19-7-8-20-30(29)38-33-23-11-14-26-36(33)48-40(38)39(37)47/h1-26H. The molecule has 0 saturated heterocycles. The maximum absolute atomic E-state index is 6.80. The largest absolute Gasteiger partial charge is 0.454 e. The van der Waals surface area contributed by atoms with Crippen molar-refractivity contribution >= 4 is 54.5 Å². The van der Waals surface area contributed by atoms with Crippen molar-refractivity contribution in [1.82, 2.24) is 19.5 Å². The van der Waals surface area contributed by atoms with Crippen LogP contribution in [0.15, 0.2) is 162 Å². The fourth-order valence-electron chi connectivity index (χ4n) is 7.16. The first-order valence-electron chi connectivity index (χ1n) is 16.1. The highest BCUT2D eigenvalue weighted by molar-refractivity contribution is 6.35. The van der Waals surface area contributed by atoms with Crippen LogP contribution in [-0.2, 0) is 0 Å². The van der Waals surface area contributed by atoms with Gasteiger partial charge in [-0.25, -0.2) is 15.0 Å². The molecule has 0 fully saturated rings. The predicted molar refractivity (Wildman–Crippen MR) is 195 cm³/mol. The van der Waals surface area contributed by atoms with Gasteiger partial charge in [0.25, 0.3) is 0 Å². The molecule has 0 aliphatic heterocycles. The molecular weight excluding hydrogens is 589 g/mol. The summed E-state index contributed by atoms with van der Waals surface area (Å²) in [7, 11) is 0. The van der Waals surface area contributed by atoms with E-state index >= 15 is 0 Å². The zero-order valence-corrected chi connectivity index (χ0v) is 25.7. The van der Waals surface area contributed by atoms with Crippen LogP contribution in [0, 0.1) is 0 Å². The van der Waals surface area contributed by atoms with Crippen molar-refractivity contribution < 1.29 is 4.42 Å². The zero-order valence-electron chi connectivity index (χ0n) is 25.7. The summed E-state index contributed by atoms with van der Waals surface area (Å²) in [6, 6.07) is 54.2. The summed E-state index contributed by atoms with van der Waals surface area (Å²) in [6.45, 7) is 0. The molecule has 10 rings (SSSR count). The van der Waals surface area contributed by atoms with E-state index in [0.717, 1.165) is 66.1 Å². The Morgan fingerprint density at radius 3 is 1.65 bits per heavy atom. The van der Waals surface area contributed by atoms with Crippen LogP contribution in [0.3, 0.4) is 0 Å². The molecule has 0 unspecified atom stereocenters. The van der Waals surface area contributed by atoms with Gasteiger partial charge < -0.3 is 8.98 Å².